The van der Waals surface area contributed by atoms with Gasteiger partial charge in [-0.15, -0.1) is 0 Å². The summed E-state index contributed by atoms with van der Waals surface area (Å²) in [6.45, 7) is 4.09. The molecule has 6 aliphatic rings. The summed E-state index contributed by atoms with van der Waals surface area (Å²) in [6.07, 6.45) is -40.5. The van der Waals surface area contributed by atoms with Crippen LogP contribution in [0.25, 0.3) is 0 Å². The summed E-state index contributed by atoms with van der Waals surface area (Å²) in [5.41, 5.74) is 0. The predicted octanol–water partition coefficient (Wildman–Crippen LogP) is -12.1. The second-order valence-corrected chi connectivity index (χ2v) is 21.9. The molecule has 0 aromatic heterocycles. The molecule has 7 amide bonds. The lowest BCUT2D eigenvalue weighted by atomic mass is 9.92. The van der Waals surface area contributed by atoms with Gasteiger partial charge in [-0.1, -0.05) is 0 Å². The van der Waals surface area contributed by atoms with Crippen LogP contribution >= 0.6 is 0 Å². The second kappa shape index (κ2) is 31.4. The molecule has 6 aliphatic heterocycles. The van der Waals surface area contributed by atoms with Crippen molar-refractivity contribution < 1.29 is 147 Å². The van der Waals surface area contributed by atoms with Gasteiger partial charge < -0.3 is 151 Å². The molecule has 0 radical (unpaired) electrons. The number of hydrogen-bond donors (Lipinski definition) is 19. The molecule has 0 aromatic rings. The molecule has 0 spiro atoms. The summed E-state index contributed by atoms with van der Waals surface area (Å²) < 4.78 is 66.2. The quantitative estimate of drug-likeness (QED) is 0.0479. The van der Waals surface area contributed by atoms with E-state index in [4.69, 9.17) is 52.1 Å². The van der Waals surface area contributed by atoms with Gasteiger partial charge in [0.05, 0.1) is 45.2 Å². The molecule has 30 atom stereocenters. The first-order chi connectivity index (χ1) is 41.0. The predicted molar refractivity (Wildman–Crippen MR) is 279 cm³/mol. The lowest BCUT2D eigenvalue weighted by Crippen LogP contribution is -2.72. The van der Waals surface area contributed by atoms with Gasteiger partial charge in [0.2, 0.25) is 41.4 Å². The van der Waals surface area contributed by atoms with Crippen molar-refractivity contribution in [1.82, 2.24) is 37.2 Å². The van der Waals surface area contributed by atoms with Crippen molar-refractivity contribution in [3.05, 3.63) is 0 Å². The van der Waals surface area contributed by atoms with Gasteiger partial charge >= 0.3 is 0 Å². The summed E-state index contributed by atoms with van der Waals surface area (Å²) in [5.74, 6) is -5.24. The minimum atomic E-state index is -2.06. The van der Waals surface area contributed by atoms with Gasteiger partial charge in [-0.3, -0.25) is 33.6 Å². The van der Waals surface area contributed by atoms with E-state index >= 15 is 0 Å². The van der Waals surface area contributed by atoms with Crippen LogP contribution in [0.3, 0.4) is 0 Å². The van der Waals surface area contributed by atoms with Crippen LogP contribution in [0.4, 0.5) is 0 Å². The maximum Gasteiger partial charge on any atom is 0.217 e. The lowest BCUT2D eigenvalue weighted by Gasteiger charge is -2.52. The van der Waals surface area contributed by atoms with E-state index in [1.807, 2.05) is 0 Å². The summed E-state index contributed by atoms with van der Waals surface area (Å²) in [6, 6.07) is -11.0. The van der Waals surface area contributed by atoms with Gasteiger partial charge in [0.15, 0.2) is 37.7 Å². The van der Waals surface area contributed by atoms with Crippen LogP contribution in [-0.4, -0.2) is 319 Å². The van der Waals surface area contributed by atoms with E-state index in [0.717, 1.165) is 41.5 Å². The van der Waals surface area contributed by atoms with Crippen molar-refractivity contribution in [2.45, 2.75) is 239 Å². The Balaban J connectivity index is 1.24. The molecule has 6 heterocycles. The number of carbonyl (C=O) groups is 7. The summed E-state index contributed by atoms with van der Waals surface area (Å²) in [5, 5.41) is 151. The van der Waals surface area contributed by atoms with Gasteiger partial charge in [0.1, 0.15) is 134 Å². The van der Waals surface area contributed by atoms with Crippen molar-refractivity contribution >= 4 is 41.4 Å². The first kappa shape index (κ1) is 71.4. The number of rotatable bonds is 22. The smallest absolute Gasteiger partial charge is 0.217 e. The van der Waals surface area contributed by atoms with Crippen molar-refractivity contribution in [1.29, 1.82) is 0 Å². The lowest BCUT2D eigenvalue weighted by molar-refractivity contribution is -0.369. The van der Waals surface area contributed by atoms with Crippen LogP contribution in [0, 0.1) is 0 Å². The molecule has 0 aliphatic carbocycles. The number of aliphatic hydroxyl groups is 12. The molecule has 87 heavy (non-hydrogen) atoms. The van der Waals surface area contributed by atoms with Gasteiger partial charge in [-0.25, -0.2) is 0 Å². The molecule has 0 unspecified atom stereocenters. The number of ether oxygens (including phenoxy) is 11. The zero-order valence-electron chi connectivity index (χ0n) is 48.6. The van der Waals surface area contributed by atoms with Crippen molar-refractivity contribution in [3.8, 4) is 0 Å². The summed E-state index contributed by atoms with van der Waals surface area (Å²) in [7, 11) is 0. The largest absolute Gasteiger partial charge is 0.394 e. The molecule has 0 aromatic carbocycles. The number of hydrogen-bond acceptors (Lipinski definition) is 30. The molecule has 498 valence electrons. The summed E-state index contributed by atoms with van der Waals surface area (Å²) in [4.78, 5) is 88.0. The van der Waals surface area contributed by atoms with Crippen LogP contribution in [0.5, 0.6) is 0 Å². The van der Waals surface area contributed by atoms with Gasteiger partial charge in [-0.2, -0.15) is 0 Å². The maximum absolute atomic E-state index is 12.9. The van der Waals surface area contributed by atoms with E-state index in [9.17, 15) is 94.8 Å². The average molecular weight is 1260 g/mol. The molecule has 6 fully saturated rings. The highest BCUT2D eigenvalue weighted by Crippen LogP contribution is 2.37. The first-order valence-corrected chi connectivity index (χ1v) is 27.9. The van der Waals surface area contributed by atoms with E-state index in [1.165, 1.54) is 13.8 Å². The van der Waals surface area contributed by atoms with E-state index in [-0.39, 0.29) is 0 Å². The molecule has 37 heteroatoms. The van der Waals surface area contributed by atoms with Crippen molar-refractivity contribution in [2.24, 2.45) is 0 Å². The Morgan fingerprint density at radius 1 is 0.299 bits per heavy atom. The maximum atomic E-state index is 12.9. The highest BCUT2D eigenvalue weighted by atomic mass is 16.8. The Morgan fingerprint density at radius 3 is 0.770 bits per heavy atom. The topological polar surface area (TPSA) is 548 Å². The van der Waals surface area contributed by atoms with Crippen LogP contribution in [0.2, 0.25) is 0 Å². The van der Waals surface area contributed by atoms with Crippen LogP contribution in [0.1, 0.15) is 55.4 Å². The van der Waals surface area contributed by atoms with E-state index < -0.39 is 258 Å². The fraction of sp³-hybridized carbons (Fsp3) is 0.860. The van der Waals surface area contributed by atoms with E-state index in [2.05, 4.69) is 37.2 Å². The average Bonchev–Trinajstić information content (AvgIpc) is 1.19. The van der Waals surface area contributed by atoms with Gasteiger partial charge in [0, 0.05) is 48.5 Å². The van der Waals surface area contributed by atoms with Crippen molar-refractivity contribution in [2.75, 3.05) is 33.0 Å². The monoisotopic (exact) mass is 1260 g/mol. The highest BCUT2D eigenvalue weighted by molar-refractivity contribution is 5.76. The number of nitrogens with one attached hydrogen (secondary N) is 7. The minimum Gasteiger partial charge on any atom is -0.394 e. The molecule has 6 rings (SSSR count). The SMILES string of the molecule is CC(=O)N[C@@H]1[C@@H](O[C@H]2O[C@H](CO)[C@H](O[C@H]3O[C@H](CO)[C@H](O[C@H]4O[C@H](CO)[C@H](O[C@H]5O[C@H](CO)[C@H](O[C@H]6O[C@H](CO)[C@H](O)[C@H](O)[C@H]6NC(C)=O)[C@H](O)[C@H]5NC(C)=O)[C@H](O)[C@H]4NC(C)=O)[C@H](O)[C@H]3NC(C)=O)[C@H](O)[C@H]2NC(C)=O)[C@H](NC(C)=O)[C@@H](C)O[C@@H]1O. The van der Waals surface area contributed by atoms with Crippen LogP contribution < -0.4 is 37.2 Å². The third-order valence-corrected chi connectivity index (χ3v) is 15.2. The zero-order chi connectivity index (χ0) is 64.6. The standard InChI is InChI=1S/C50H83N7O30/c1-14-27(51-15(2)63)44(33(45(76)77-14)57-21(8)69)87-50-32(56-20(7)68)39(75)43(26(13-62)82-50)86-49-31(55-19(6)67)38(74)42(25(12-61)81-49)85-48-30(54-18(5)66)37(73)41(24(11-60)80-48)84-47-29(53-17(4)65)36(72)40(23(10-59)79-47)83-46-28(52-16(3)64)35(71)34(70)22(9-58)78-46/h14,22-50,58-62,70-76H,9-13H2,1-8H3,(H,51,63)(H,52,64)(H,53,65)(H,54,66)(H,55,67)(H,56,68)(H,57,69)/t14-,22-,23-,24-,25-,26-,27-,28-,29-,30-,31-,32-,33-,34+,35-,36-,37-,38-,39-,40+,41+,42+,43+,44+,45+,46-,47-,48-,49-,50-/m1/s1. The third kappa shape index (κ3) is 17.1. The number of amides is 7. The van der Waals surface area contributed by atoms with Gasteiger partial charge in [0.25, 0.3) is 0 Å². The molecule has 6 saturated heterocycles. The number of carbonyl (C=O) groups excluding carboxylic acids is 7. The fourth-order valence-electron chi connectivity index (χ4n) is 11.4. The van der Waals surface area contributed by atoms with E-state index in [0.29, 0.717) is 0 Å². The third-order valence-electron chi connectivity index (χ3n) is 15.2. The van der Waals surface area contributed by atoms with Crippen molar-refractivity contribution in [3.63, 3.8) is 0 Å². The Bertz CT molecular complexity index is 2310. The Hall–Kier alpha value is -4.63. The Kier molecular flexibility index (Phi) is 25.8. The molecule has 0 bridgehead atoms. The van der Waals surface area contributed by atoms with Crippen LogP contribution in [0.15, 0.2) is 0 Å². The molecule has 19 N–H and O–H groups in total. The van der Waals surface area contributed by atoms with E-state index in [1.54, 1.807) is 0 Å². The Labute approximate surface area is 496 Å². The van der Waals surface area contributed by atoms with Crippen LogP contribution in [-0.2, 0) is 85.7 Å². The second-order valence-electron chi connectivity index (χ2n) is 21.9. The normalized spacial score (nSPS) is 43.2. The molecule has 0 saturated carbocycles. The molecular formula is C50H83N7O30. The minimum absolute atomic E-state index is 0.583. The zero-order valence-corrected chi connectivity index (χ0v) is 48.6. The van der Waals surface area contributed by atoms with Gasteiger partial charge in [-0.05, 0) is 6.92 Å². The Morgan fingerprint density at radius 2 is 0.517 bits per heavy atom. The fourth-order valence-corrected chi connectivity index (χ4v) is 11.4. The highest BCUT2D eigenvalue weighted by Gasteiger charge is 2.59. The molecule has 37 nitrogen and oxygen atoms in total. The molecular weight excluding hydrogens is 1180 g/mol. The number of aliphatic hydroxyl groups excluding tert-OH is 12. The first-order valence-electron chi connectivity index (χ1n) is 27.9. The summed E-state index contributed by atoms with van der Waals surface area (Å²) >= 11 is 0.